The van der Waals surface area contributed by atoms with Gasteiger partial charge in [-0.25, -0.2) is 0 Å². The van der Waals surface area contributed by atoms with Crippen molar-refractivity contribution >= 4 is 17.3 Å². The molecular formula is C15H15ClN2O3. The van der Waals surface area contributed by atoms with Crippen molar-refractivity contribution in [2.24, 2.45) is 5.73 Å². The summed E-state index contributed by atoms with van der Waals surface area (Å²) in [5.74, 6) is 0.580. The quantitative estimate of drug-likeness (QED) is 0.656. The van der Waals surface area contributed by atoms with Crippen molar-refractivity contribution in [1.82, 2.24) is 0 Å². The van der Waals surface area contributed by atoms with Gasteiger partial charge >= 0.3 is 0 Å². The molecule has 2 N–H and O–H groups in total. The van der Waals surface area contributed by atoms with Crippen molar-refractivity contribution < 1.29 is 9.66 Å². The van der Waals surface area contributed by atoms with Gasteiger partial charge in [0.05, 0.1) is 9.95 Å². The van der Waals surface area contributed by atoms with Crippen LogP contribution in [0.15, 0.2) is 42.5 Å². The number of nitro groups is 1. The zero-order chi connectivity index (χ0) is 15.2. The van der Waals surface area contributed by atoms with Crippen LogP contribution in [0.1, 0.15) is 11.1 Å². The smallest absolute Gasteiger partial charge is 0.269 e. The van der Waals surface area contributed by atoms with E-state index in [1.807, 2.05) is 12.1 Å². The number of hydrogen-bond acceptors (Lipinski definition) is 4. The molecule has 110 valence electrons. The van der Waals surface area contributed by atoms with Crippen LogP contribution in [0.2, 0.25) is 5.02 Å². The van der Waals surface area contributed by atoms with Gasteiger partial charge < -0.3 is 10.5 Å². The molecule has 0 aliphatic carbocycles. The number of halogens is 1. The largest absolute Gasteiger partial charge is 0.487 e. The third kappa shape index (κ3) is 3.93. The first-order valence-electron chi connectivity index (χ1n) is 6.45. The maximum atomic E-state index is 10.8. The Balaban J connectivity index is 2.16. The van der Waals surface area contributed by atoms with E-state index in [4.69, 9.17) is 22.1 Å². The first kappa shape index (κ1) is 15.3. The summed E-state index contributed by atoms with van der Waals surface area (Å²) >= 11 is 6.14. The molecule has 0 amide bonds. The number of nitrogens with two attached hydrogens (primary N) is 1. The number of ether oxygens (including phenoxy) is 1. The maximum Gasteiger partial charge on any atom is 0.269 e. The first-order valence-corrected chi connectivity index (χ1v) is 6.83. The Bertz CT molecular complexity index is 647. The Hall–Kier alpha value is -2.11. The molecule has 0 spiro atoms. The molecule has 0 fully saturated rings. The Kier molecular flexibility index (Phi) is 5.14. The number of hydrogen-bond donors (Lipinski definition) is 1. The maximum absolute atomic E-state index is 10.8. The summed E-state index contributed by atoms with van der Waals surface area (Å²) in [6.45, 7) is 0.705. The molecule has 0 atom stereocenters. The van der Waals surface area contributed by atoms with Crippen molar-refractivity contribution in [2.75, 3.05) is 6.54 Å². The number of nitro benzene ring substituents is 1. The molecule has 6 heteroatoms. The highest BCUT2D eigenvalue weighted by Gasteiger charge is 2.10. The highest BCUT2D eigenvalue weighted by molar-refractivity contribution is 6.32. The number of para-hydroxylation sites is 1. The van der Waals surface area contributed by atoms with Gasteiger partial charge in [-0.2, -0.15) is 0 Å². The SMILES string of the molecule is NCCc1cccc(Cl)c1OCc1cccc([N+](=O)[O-])c1. The molecule has 0 unspecified atom stereocenters. The number of nitrogens with zero attached hydrogens (tertiary/aromatic N) is 1. The Morgan fingerprint density at radius 3 is 2.71 bits per heavy atom. The average molecular weight is 307 g/mol. The minimum absolute atomic E-state index is 0.0393. The molecule has 0 aliphatic rings. The summed E-state index contributed by atoms with van der Waals surface area (Å²) in [5.41, 5.74) is 7.24. The van der Waals surface area contributed by atoms with E-state index in [1.54, 1.807) is 18.2 Å². The lowest BCUT2D eigenvalue weighted by Crippen LogP contribution is -2.06. The van der Waals surface area contributed by atoms with Crippen LogP contribution in [0.3, 0.4) is 0 Å². The predicted molar refractivity (Wildman–Crippen MR) is 81.6 cm³/mol. The second-order valence-electron chi connectivity index (χ2n) is 4.48. The topological polar surface area (TPSA) is 78.4 Å². The van der Waals surface area contributed by atoms with Crippen molar-refractivity contribution in [2.45, 2.75) is 13.0 Å². The van der Waals surface area contributed by atoms with Gasteiger partial charge in [0.25, 0.3) is 5.69 Å². The zero-order valence-electron chi connectivity index (χ0n) is 11.3. The van der Waals surface area contributed by atoms with Crippen molar-refractivity contribution in [3.05, 3.63) is 68.7 Å². The molecular weight excluding hydrogens is 292 g/mol. The number of benzene rings is 2. The molecule has 2 rings (SSSR count). The standard InChI is InChI=1S/C15H15ClN2O3/c16-14-6-2-4-12(7-8-17)15(14)21-10-11-3-1-5-13(9-11)18(19)20/h1-6,9H,7-8,10,17H2. The number of non-ortho nitro benzene ring substituents is 1. The normalized spacial score (nSPS) is 10.4. The zero-order valence-corrected chi connectivity index (χ0v) is 12.0. The molecule has 0 radical (unpaired) electrons. The predicted octanol–water partition coefficient (Wildman–Crippen LogP) is 3.33. The lowest BCUT2D eigenvalue weighted by molar-refractivity contribution is -0.384. The molecule has 2 aromatic carbocycles. The van der Waals surface area contributed by atoms with Gasteiger partial charge in [0, 0.05) is 12.1 Å². The molecule has 0 saturated carbocycles. The highest BCUT2D eigenvalue weighted by Crippen LogP contribution is 2.30. The fourth-order valence-electron chi connectivity index (χ4n) is 1.98. The summed E-state index contributed by atoms with van der Waals surface area (Å²) in [4.78, 5) is 10.3. The lowest BCUT2D eigenvalue weighted by atomic mass is 10.1. The third-order valence-electron chi connectivity index (χ3n) is 2.97. The van der Waals surface area contributed by atoms with Crippen LogP contribution in [-0.4, -0.2) is 11.5 Å². The van der Waals surface area contributed by atoms with Gasteiger partial charge in [0.1, 0.15) is 12.4 Å². The second-order valence-corrected chi connectivity index (χ2v) is 4.89. The van der Waals surface area contributed by atoms with Crippen LogP contribution in [0.5, 0.6) is 5.75 Å². The Morgan fingerprint density at radius 1 is 1.24 bits per heavy atom. The van der Waals surface area contributed by atoms with Gasteiger partial charge in [0.15, 0.2) is 0 Å². The molecule has 0 saturated heterocycles. The summed E-state index contributed by atoms with van der Waals surface area (Å²) < 4.78 is 5.73. The van der Waals surface area contributed by atoms with Gasteiger partial charge in [-0.05, 0) is 30.2 Å². The van der Waals surface area contributed by atoms with E-state index in [1.165, 1.54) is 12.1 Å². The fourth-order valence-corrected chi connectivity index (χ4v) is 2.23. The van der Waals surface area contributed by atoms with Crippen LogP contribution in [0.4, 0.5) is 5.69 Å². The van der Waals surface area contributed by atoms with E-state index in [-0.39, 0.29) is 12.3 Å². The van der Waals surface area contributed by atoms with Gasteiger partial charge in [0.2, 0.25) is 0 Å². The molecule has 2 aromatic rings. The Labute approximate surface area is 127 Å². The van der Waals surface area contributed by atoms with Crippen LogP contribution in [-0.2, 0) is 13.0 Å². The van der Waals surface area contributed by atoms with E-state index in [0.29, 0.717) is 29.3 Å². The van der Waals surface area contributed by atoms with Gasteiger partial charge in [-0.1, -0.05) is 35.9 Å². The van der Waals surface area contributed by atoms with E-state index in [9.17, 15) is 10.1 Å². The van der Waals surface area contributed by atoms with Crippen molar-refractivity contribution in [1.29, 1.82) is 0 Å². The Morgan fingerprint density at radius 2 is 2.00 bits per heavy atom. The third-order valence-corrected chi connectivity index (χ3v) is 3.26. The van der Waals surface area contributed by atoms with E-state index in [2.05, 4.69) is 0 Å². The number of rotatable bonds is 6. The summed E-state index contributed by atoms with van der Waals surface area (Å²) in [5, 5.41) is 11.3. The molecule has 0 aromatic heterocycles. The van der Waals surface area contributed by atoms with Gasteiger partial charge in [-0.15, -0.1) is 0 Å². The first-order chi connectivity index (χ1) is 10.1. The molecule has 0 heterocycles. The van der Waals surface area contributed by atoms with Crippen LogP contribution in [0.25, 0.3) is 0 Å². The molecule has 0 bridgehead atoms. The minimum Gasteiger partial charge on any atom is -0.487 e. The van der Waals surface area contributed by atoms with Crippen LogP contribution >= 0.6 is 11.6 Å². The molecule has 5 nitrogen and oxygen atoms in total. The second kappa shape index (κ2) is 7.06. The summed E-state index contributed by atoms with van der Waals surface area (Å²) in [7, 11) is 0. The average Bonchev–Trinajstić information content (AvgIpc) is 2.47. The molecule has 0 aliphatic heterocycles. The van der Waals surface area contributed by atoms with E-state index in [0.717, 1.165) is 5.56 Å². The van der Waals surface area contributed by atoms with Gasteiger partial charge in [-0.3, -0.25) is 10.1 Å². The fraction of sp³-hybridized carbons (Fsp3) is 0.200. The van der Waals surface area contributed by atoms with E-state index >= 15 is 0 Å². The lowest BCUT2D eigenvalue weighted by Gasteiger charge is -2.12. The summed E-state index contributed by atoms with van der Waals surface area (Å²) in [6.07, 6.45) is 0.658. The highest BCUT2D eigenvalue weighted by atomic mass is 35.5. The monoisotopic (exact) mass is 306 g/mol. The van der Waals surface area contributed by atoms with E-state index < -0.39 is 4.92 Å². The molecule has 21 heavy (non-hydrogen) atoms. The van der Waals surface area contributed by atoms with Crippen molar-refractivity contribution in [3.8, 4) is 5.75 Å². The minimum atomic E-state index is -0.432. The van der Waals surface area contributed by atoms with Crippen LogP contribution < -0.4 is 10.5 Å². The van der Waals surface area contributed by atoms with Crippen LogP contribution in [0, 0.1) is 10.1 Å². The van der Waals surface area contributed by atoms with Crippen molar-refractivity contribution in [3.63, 3.8) is 0 Å². The summed E-state index contributed by atoms with van der Waals surface area (Å²) in [6, 6.07) is 11.8.